The Bertz CT molecular complexity index is 394. The summed E-state index contributed by atoms with van der Waals surface area (Å²) in [7, 11) is 0. The molecule has 0 fully saturated rings. The Kier molecular flexibility index (Phi) is 6.10. The van der Waals surface area contributed by atoms with Crippen LogP contribution in [0.3, 0.4) is 0 Å². The number of nitrogens with one attached hydrogen (secondary N) is 1. The van der Waals surface area contributed by atoms with Gasteiger partial charge in [0, 0.05) is 17.2 Å². The fraction of sp³-hybridized carbons (Fsp3) is 0.500. The van der Waals surface area contributed by atoms with Gasteiger partial charge in [0.2, 0.25) is 0 Å². The van der Waals surface area contributed by atoms with Gasteiger partial charge in [-0.05, 0) is 30.2 Å². The van der Waals surface area contributed by atoms with Crippen LogP contribution in [0.1, 0.15) is 31.9 Å². The van der Waals surface area contributed by atoms with Crippen LogP contribution in [0.15, 0.2) is 23.1 Å². The molecule has 0 saturated carbocycles. The number of benzene rings is 1. The molecule has 92 valence electrons. The molecule has 0 spiro atoms. The summed E-state index contributed by atoms with van der Waals surface area (Å²) >= 11 is 1.77. The van der Waals surface area contributed by atoms with E-state index < -0.39 is 0 Å². The van der Waals surface area contributed by atoms with Gasteiger partial charge in [0.15, 0.2) is 0 Å². The zero-order valence-electron chi connectivity index (χ0n) is 10.8. The molecule has 3 heteroatoms. The fourth-order valence-corrected chi connectivity index (χ4v) is 2.36. The Morgan fingerprint density at radius 1 is 1.41 bits per heavy atom. The van der Waals surface area contributed by atoms with Crippen LogP contribution in [-0.2, 0) is 6.54 Å². The van der Waals surface area contributed by atoms with Crippen LogP contribution >= 0.6 is 11.8 Å². The molecule has 2 nitrogen and oxygen atoms in total. The molecule has 0 saturated heterocycles. The average Bonchev–Trinajstić information content (AvgIpc) is 2.34. The van der Waals surface area contributed by atoms with Crippen molar-refractivity contribution in [3.8, 4) is 6.07 Å². The number of hydrogen-bond donors (Lipinski definition) is 1. The van der Waals surface area contributed by atoms with Gasteiger partial charge in [0.25, 0.3) is 0 Å². The highest BCUT2D eigenvalue weighted by Gasteiger charge is 2.05. The van der Waals surface area contributed by atoms with E-state index >= 15 is 0 Å². The molecule has 0 aliphatic rings. The van der Waals surface area contributed by atoms with E-state index in [1.54, 1.807) is 11.8 Å². The number of thioether (sulfide) groups is 1. The van der Waals surface area contributed by atoms with Crippen molar-refractivity contribution in [2.45, 2.75) is 32.2 Å². The summed E-state index contributed by atoms with van der Waals surface area (Å²) < 4.78 is 0. The zero-order valence-corrected chi connectivity index (χ0v) is 11.6. The smallest absolute Gasteiger partial charge is 0.100 e. The van der Waals surface area contributed by atoms with Gasteiger partial charge in [0.1, 0.15) is 6.07 Å². The minimum atomic E-state index is 0.646. The maximum Gasteiger partial charge on any atom is 0.100 e. The van der Waals surface area contributed by atoms with Crippen molar-refractivity contribution in [3.05, 3.63) is 29.3 Å². The lowest BCUT2D eigenvalue weighted by atomic mass is 10.1. The van der Waals surface area contributed by atoms with Crippen molar-refractivity contribution in [3.63, 3.8) is 0 Å². The largest absolute Gasteiger partial charge is 0.313 e. The summed E-state index contributed by atoms with van der Waals surface area (Å²) in [6.45, 7) is 8.25. The third kappa shape index (κ3) is 4.80. The molecule has 1 aromatic carbocycles. The maximum atomic E-state index is 9.15. The van der Waals surface area contributed by atoms with E-state index in [4.69, 9.17) is 5.26 Å². The van der Waals surface area contributed by atoms with Crippen LogP contribution in [0, 0.1) is 17.2 Å². The molecular weight excluding hydrogens is 228 g/mol. The number of nitriles is 1. The van der Waals surface area contributed by atoms with Gasteiger partial charge in [-0.25, -0.2) is 0 Å². The Morgan fingerprint density at radius 3 is 2.76 bits per heavy atom. The van der Waals surface area contributed by atoms with Gasteiger partial charge in [-0.3, -0.25) is 0 Å². The van der Waals surface area contributed by atoms with Crippen molar-refractivity contribution in [1.82, 2.24) is 5.32 Å². The molecule has 17 heavy (non-hydrogen) atoms. The summed E-state index contributed by atoms with van der Waals surface area (Å²) in [5.74, 6) is 1.70. The molecule has 0 atom stereocenters. The van der Waals surface area contributed by atoms with E-state index in [0.29, 0.717) is 5.92 Å². The van der Waals surface area contributed by atoms with Crippen LogP contribution < -0.4 is 5.32 Å². The first kappa shape index (κ1) is 14.1. The van der Waals surface area contributed by atoms with Crippen LogP contribution in [-0.4, -0.2) is 12.3 Å². The molecule has 0 bridgehead atoms. The first-order valence-electron chi connectivity index (χ1n) is 6.04. The Labute approximate surface area is 108 Å². The van der Waals surface area contributed by atoms with Crippen LogP contribution in [0.2, 0.25) is 0 Å². The standard InChI is InChI=1S/C14H20N2S/c1-4-16-9-12-5-6-14(13(7-12)8-15)17-10-11(2)3/h5-7,11,16H,4,9-10H2,1-3H3. The predicted octanol–water partition coefficient (Wildman–Crippen LogP) is 3.42. The Morgan fingerprint density at radius 2 is 2.18 bits per heavy atom. The highest BCUT2D eigenvalue weighted by atomic mass is 32.2. The normalized spacial score (nSPS) is 10.5. The monoisotopic (exact) mass is 248 g/mol. The minimum Gasteiger partial charge on any atom is -0.313 e. The lowest BCUT2D eigenvalue weighted by Crippen LogP contribution is -2.11. The third-order valence-electron chi connectivity index (χ3n) is 2.32. The van der Waals surface area contributed by atoms with E-state index in [0.717, 1.165) is 29.3 Å². The second-order valence-corrected chi connectivity index (χ2v) is 5.49. The van der Waals surface area contributed by atoms with Crippen molar-refractivity contribution >= 4 is 11.8 Å². The third-order valence-corrected chi connectivity index (χ3v) is 3.82. The summed E-state index contributed by atoms with van der Waals surface area (Å²) in [5.41, 5.74) is 1.98. The molecule has 1 rings (SSSR count). The Hall–Kier alpha value is -0.980. The lowest BCUT2D eigenvalue weighted by molar-refractivity contribution is 0.726. The summed E-state index contributed by atoms with van der Waals surface area (Å²) in [5, 5.41) is 12.4. The molecule has 0 heterocycles. The Balaban J connectivity index is 2.75. The van der Waals surface area contributed by atoms with Crippen LogP contribution in [0.5, 0.6) is 0 Å². The summed E-state index contributed by atoms with van der Waals surface area (Å²) in [6.07, 6.45) is 0. The van der Waals surface area contributed by atoms with Crippen molar-refractivity contribution in [1.29, 1.82) is 5.26 Å². The van der Waals surface area contributed by atoms with Gasteiger partial charge < -0.3 is 5.32 Å². The molecule has 0 unspecified atom stereocenters. The van der Waals surface area contributed by atoms with Gasteiger partial charge in [0.05, 0.1) is 5.56 Å². The number of hydrogen-bond acceptors (Lipinski definition) is 3. The highest BCUT2D eigenvalue weighted by molar-refractivity contribution is 7.99. The van der Waals surface area contributed by atoms with Crippen LogP contribution in [0.4, 0.5) is 0 Å². The highest BCUT2D eigenvalue weighted by Crippen LogP contribution is 2.25. The van der Waals surface area contributed by atoms with Gasteiger partial charge in [-0.15, -0.1) is 11.8 Å². The second-order valence-electron chi connectivity index (χ2n) is 4.43. The second kappa shape index (κ2) is 7.37. The number of nitrogens with zero attached hydrogens (tertiary/aromatic N) is 1. The van der Waals surface area contributed by atoms with E-state index in [1.807, 2.05) is 6.07 Å². The maximum absolute atomic E-state index is 9.15. The van der Waals surface area contributed by atoms with Crippen molar-refractivity contribution in [2.24, 2.45) is 5.92 Å². The topological polar surface area (TPSA) is 35.8 Å². The van der Waals surface area contributed by atoms with Crippen molar-refractivity contribution in [2.75, 3.05) is 12.3 Å². The molecule has 1 N–H and O–H groups in total. The molecule has 0 radical (unpaired) electrons. The summed E-state index contributed by atoms with van der Waals surface area (Å²) in [6, 6.07) is 8.45. The zero-order chi connectivity index (χ0) is 12.7. The van der Waals surface area contributed by atoms with Gasteiger partial charge >= 0.3 is 0 Å². The van der Waals surface area contributed by atoms with Crippen LogP contribution in [0.25, 0.3) is 0 Å². The van der Waals surface area contributed by atoms with Crippen molar-refractivity contribution < 1.29 is 0 Å². The number of rotatable bonds is 6. The molecule has 0 aliphatic heterocycles. The molecular formula is C14H20N2S. The fourth-order valence-electron chi connectivity index (χ4n) is 1.43. The van der Waals surface area contributed by atoms with E-state index in [-0.39, 0.29) is 0 Å². The average molecular weight is 248 g/mol. The minimum absolute atomic E-state index is 0.646. The molecule has 0 aromatic heterocycles. The van der Waals surface area contributed by atoms with E-state index in [1.165, 1.54) is 5.56 Å². The SMILES string of the molecule is CCNCc1ccc(SCC(C)C)c(C#N)c1. The first-order chi connectivity index (χ1) is 8.17. The van der Waals surface area contributed by atoms with E-state index in [2.05, 4.69) is 44.3 Å². The molecule has 0 aliphatic carbocycles. The predicted molar refractivity (Wildman–Crippen MR) is 74.1 cm³/mol. The molecule has 1 aromatic rings. The van der Waals surface area contributed by atoms with Gasteiger partial charge in [-0.1, -0.05) is 26.8 Å². The quantitative estimate of drug-likeness (QED) is 0.784. The lowest BCUT2D eigenvalue weighted by Gasteiger charge is -2.08. The van der Waals surface area contributed by atoms with E-state index in [9.17, 15) is 0 Å². The molecule has 0 amide bonds. The van der Waals surface area contributed by atoms with Gasteiger partial charge in [-0.2, -0.15) is 5.26 Å². The first-order valence-corrected chi connectivity index (χ1v) is 7.02. The summed E-state index contributed by atoms with van der Waals surface area (Å²) in [4.78, 5) is 1.10.